The summed E-state index contributed by atoms with van der Waals surface area (Å²) >= 11 is 0. The van der Waals surface area contributed by atoms with Crippen LogP contribution in [0, 0.1) is 0 Å². The molecular weight excluding hydrogens is 226 g/mol. The Bertz CT molecular complexity index is 659. The maximum atomic E-state index is 9.85. The number of nitrogens with one attached hydrogen (secondary N) is 1. The number of benzene rings is 2. The van der Waals surface area contributed by atoms with E-state index < -0.39 is 0 Å². The first-order valence-corrected chi connectivity index (χ1v) is 5.81. The zero-order valence-electron chi connectivity index (χ0n) is 9.76. The Kier molecular flexibility index (Phi) is 2.65. The summed E-state index contributed by atoms with van der Waals surface area (Å²) in [7, 11) is 0. The maximum absolute atomic E-state index is 9.85. The highest BCUT2D eigenvalue weighted by atomic mass is 16.3. The average Bonchev–Trinajstić information content (AvgIpc) is 2.86. The summed E-state index contributed by atoms with van der Waals surface area (Å²) < 4.78 is 5.30. The van der Waals surface area contributed by atoms with Gasteiger partial charge in [-0.2, -0.15) is 0 Å². The molecule has 3 rings (SSSR count). The number of aromatic hydroxyl groups is 1. The monoisotopic (exact) mass is 239 g/mol. The van der Waals surface area contributed by atoms with Crippen molar-refractivity contribution >= 4 is 16.7 Å². The van der Waals surface area contributed by atoms with Crippen LogP contribution >= 0.6 is 0 Å². The standard InChI is InChI=1S/C15H13NO2/c17-14-8-11(9-15-13(14)6-7-18-15)10-16-12-4-2-1-3-5-12/h1-9,16-17H,10H2. The number of fused-ring (bicyclic) bond motifs is 1. The van der Waals surface area contributed by atoms with Crippen LogP contribution < -0.4 is 5.32 Å². The highest BCUT2D eigenvalue weighted by Crippen LogP contribution is 2.27. The van der Waals surface area contributed by atoms with E-state index in [1.54, 1.807) is 18.4 Å². The first kappa shape index (κ1) is 10.7. The van der Waals surface area contributed by atoms with E-state index in [-0.39, 0.29) is 5.75 Å². The Balaban J connectivity index is 1.82. The van der Waals surface area contributed by atoms with E-state index in [0.29, 0.717) is 12.1 Å². The summed E-state index contributed by atoms with van der Waals surface area (Å²) in [5.41, 5.74) is 2.75. The number of rotatable bonds is 3. The summed E-state index contributed by atoms with van der Waals surface area (Å²) in [4.78, 5) is 0. The summed E-state index contributed by atoms with van der Waals surface area (Å²) in [5.74, 6) is 0.256. The van der Waals surface area contributed by atoms with Crippen molar-refractivity contribution in [3.05, 3.63) is 60.4 Å². The van der Waals surface area contributed by atoms with Crippen molar-refractivity contribution in [2.45, 2.75) is 6.54 Å². The van der Waals surface area contributed by atoms with Gasteiger partial charge < -0.3 is 14.8 Å². The fourth-order valence-corrected chi connectivity index (χ4v) is 1.97. The number of hydrogen-bond acceptors (Lipinski definition) is 3. The molecule has 2 N–H and O–H groups in total. The molecule has 1 aromatic heterocycles. The van der Waals surface area contributed by atoms with Crippen LogP contribution in [0.4, 0.5) is 5.69 Å². The van der Waals surface area contributed by atoms with Gasteiger partial charge in [0.15, 0.2) is 0 Å². The molecular formula is C15H13NO2. The molecule has 0 aliphatic carbocycles. The Morgan fingerprint density at radius 1 is 1.06 bits per heavy atom. The van der Waals surface area contributed by atoms with Crippen molar-refractivity contribution in [2.24, 2.45) is 0 Å². The zero-order chi connectivity index (χ0) is 12.4. The summed E-state index contributed by atoms with van der Waals surface area (Å²) in [6.07, 6.45) is 1.58. The minimum atomic E-state index is 0.256. The molecule has 0 amide bonds. The molecule has 3 nitrogen and oxygen atoms in total. The second-order valence-electron chi connectivity index (χ2n) is 4.17. The number of furan rings is 1. The lowest BCUT2D eigenvalue weighted by atomic mass is 10.1. The Morgan fingerprint density at radius 2 is 1.89 bits per heavy atom. The molecule has 0 bridgehead atoms. The fourth-order valence-electron chi connectivity index (χ4n) is 1.97. The van der Waals surface area contributed by atoms with Gasteiger partial charge in [0.25, 0.3) is 0 Å². The van der Waals surface area contributed by atoms with E-state index in [2.05, 4.69) is 5.32 Å². The predicted octanol–water partition coefficient (Wildman–Crippen LogP) is 3.75. The van der Waals surface area contributed by atoms with Crippen molar-refractivity contribution in [1.29, 1.82) is 0 Å². The number of hydrogen-bond donors (Lipinski definition) is 2. The van der Waals surface area contributed by atoms with E-state index in [1.807, 2.05) is 36.4 Å². The Hall–Kier alpha value is -2.42. The third-order valence-corrected chi connectivity index (χ3v) is 2.88. The van der Waals surface area contributed by atoms with Crippen molar-refractivity contribution in [3.63, 3.8) is 0 Å². The molecule has 3 heteroatoms. The van der Waals surface area contributed by atoms with Gasteiger partial charge in [-0.1, -0.05) is 18.2 Å². The van der Waals surface area contributed by atoms with Gasteiger partial charge in [0.2, 0.25) is 0 Å². The molecule has 0 radical (unpaired) electrons. The number of para-hydroxylation sites is 1. The largest absolute Gasteiger partial charge is 0.507 e. The highest BCUT2D eigenvalue weighted by molar-refractivity contribution is 5.84. The third kappa shape index (κ3) is 2.02. The second kappa shape index (κ2) is 4.45. The van der Waals surface area contributed by atoms with Crippen LogP contribution in [0.25, 0.3) is 11.0 Å². The third-order valence-electron chi connectivity index (χ3n) is 2.88. The van der Waals surface area contributed by atoms with Crippen molar-refractivity contribution in [1.82, 2.24) is 0 Å². The van der Waals surface area contributed by atoms with Gasteiger partial charge in [0, 0.05) is 12.2 Å². The highest BCUT2D eigenvalue weighted by Gasteiger charge is 2.05. The molecule has 18 heavy (non-hydrogen) atoms. The van der Waals surface area contributed by atoms with Crippen molar-refractivity contribution in [3.8, 4) is 5.75 Å². The molecule has 0 aliphatic rings. The predicted molar refractivity (Wildman–Crippen MR) is 71.6 cm³/mol. The number of phenolic OH excluding ortho intramolecular Hbond substituents is 1. The fraction of sp³-hybridized carbons (Fsp3) is 0.0667. The first-order valence-electron chi connectivity index (χ1n) is 5.81. The molecule has 3 aromatic rings. The van der Waals surface area contributed by atoms with E-state index in [4.69, 9.17) is 4.42 Å². The van der Waals surface area contributed by atoms with Gasteiger partial charge in [-0.15, -0.1) is 0 Å². The summed E-state index contributed by atoms with van der Waals surface area (Å²) in [6, 6.07) is 15.4. The van der Waals surface area contributed by atoms with E-state index in [9.17, 15) is 5.11 Å². The van der Waals surface area contributed by atoms with Crippen LogP contribution in [-0.4, -0.2) is 5.11 Å². The minimum absolute atomic E-state index is 0.256. The topological polar surface area (TPSA) is 45.4 Å². The zero-order valence-corrected chi connectivity index (χ0v) is 9.76. The quantitative estimate of drug-likeness (QED) is 0.731. The summed E-state index contributed by atoms with van der Waals surface area (Å²) in [5, 5.41) is 13.9. The smallest absolute Gasteiger partial charge is 0.137 e. The lowest BCUT2D eigenvalue weighted by Gasteiger charge is -2.07. The van der Waals surface area contributed by atoms with Gasteiger partial charge in [0.1, 0.15) is 11.3 Å². The molecule has 1 heterocycles. The van der Waals surface area contributed by atoms with Gasteiger partial charge in [-0.3, -0.25) is 0 Å². The van der Waals surface area contributed by atoms with E-state index >= 15 is 0 Å². The first-order chi connectivity index (χ1) is 8.83. The molecule has 0 atom stereocenters. The van der Waals surface area contributed by atoms with Crippen molar-refractivity contribution < 1.29 is 9.52 Å². The molecule has 2 aromatic carbocycles. The lowest BCUT2D eigenvalue weighted by Crippen LogP contribution is -1.98. The molecule has 0 saturated carbocycles. The second-order valence-corrected chi connectivity index (χ2v) is 4.17. The van der Waals surface area contributed by atoms with Gasteiger partial charge >= 0.3 is 0 Å². The SMILES string of the molecule is Oc1cc(CNc2ccccc2)cc2occc12. The molecule has 0 spiro atoms. The number of phenols is 1. The van der Waals surface area contributed by atoms with Crippen LogP contribution in [0.1, 0.15) is 5.56 Å². The van der Waals surface area contributed by atoms with Gasteiger partial charge in [0.05, 0.1) is 11.6 Å². The molecule has 0 aliphatic heterocycles. The molecule has 0 unspecified atom stereocenters. The molecule has 0 fully saturated rings. The van der Waals surface area contributed by atoms with Crippen LogP contribution in [0.5, 0.6) is 5.75 Å². The Labute approximate surface area is 105 Å². The van der Waals surface area contributed by atoms with Crippen LogP contribution in [0.3, 0.4) is 0 Å². The molecule has 90 valence electrons. The average molecular weight is 239 g/mol. The minimum Gasteiger partial charge on any atom is -0.507 e. The van der Waals surface area contributed by atoms with Crippen LogP contribution in [0.2, 0.25) is 0 Å². The maximum Gasteiger partial charge on any atom is 0.137 e. The molecule has 0 saturated heterocycles. The summed E-state index contributed by atoms with van der Waals surface area (Å²) in [6.45, 7) is 0.647. The van der Waals surface area contributed by atoms with Gasteiger partial charge in [-0.05, 0) is 35.9 Å². The number of anilines is 1. The normalized spacial score (nSPS) is 10.7. The van der Waals surface area contributed by atoms with E-state index in [0.717, 1.165) is 16.6 Å². The van der Waals surface area contributed by atoms with Crippen LogP contribution in [-0.2, 0) is 6.54 Å². The van der Waals surface area contributed by atoms with E-state index in [1.165, 1.54) is 0 Å². The lowest BCUT2D eigenvalue weighted by molar-refractivity contribution is 0.480. The Morgan fingerprint density at radius 3 is 2.72 bits per heavy atom. The van der Waals surface area contributed by atoms with Crippen molar-refractivity contribution in [2.75, 3.05) is 5.32 Å². The van der Waals surface area contributed by atoms with Gasteiger partial charge in [-0.25, -0.2) is 0 Å². The van der Waals surface area contributed by atoms with Crippen LogP contribution in [0.15, 0.2) is 59.2 Å².